The number of ketones is 1. The van der Waals surface area contributed by atoms with E-state index in [4.69, 9.17) is 4.74 Å². The summed E-state index contributed by atoms with van der Waals surface area (Å²) in [5.74, 6) is -8.82. The van der Waals surface area contributed by atoms with Crippen molar-refractivity contribution in [3.05, 3.63) is 0 Å². The summed E-state index contributed by atoms with van der Waals surface area (Å²) in [4.78, 5) is 49.5. The van der Waals surface area contributed by atoms with Crippen molar-refractivity contribution in [3.63, 3.8) is 0 Å². The van der Waals surface area contributed by atoms with Crippen molar-refractivity contribution in [2.24, 2.45) is 29.1 Å². The Labute approximate surface area is 166 Å². The van der Waals surface area contributed by atoms with E-state index >= 15 is 0 Å². The van der Waals surface area contributed by atoms with Crippen LogP contribution in [0.3, 0.4) is 0 Å². The number of aliphatic carboxylic acids is 3. The number of Topliss-reactive ketones (excluding diaryl/α,β-unsaturated/α-hetero) is 1. The van der Waals surface area contributed by atoms with Crippen molar-refractivity contribution in [1.82, 2.24) is 0 Å². The van der Waals surface area contributed by atoms with Crippen molar-refractivity contribution in [3.8, 4) is 0 Å². The molecule has 0 saturated heterocycles. The summed E-state index contributed by atoms with van der Waals surface area (Å²) in [5, 5.41) is 30.2. The predicted molar refractivity (Wildman–Crippen MR) is 102 cm³/mol. The first kappa shape index (κ1) is 26.0. The molecular formula is C20H34O8. The normalized spacial score (nSPS) is 15.5. The number of ether oxygens (including phenoxy) is 1. The van der Waals surface area contributed by atoms with Crippen molar-refractivity contribution in [1.29, 1.82) is 0 Å². The van der Waals surface area contributed by atoms with Crippen LogP contribution in [-0.2, 0) is 23.9 Å². The molecule has 162 valence electrons. The Kier molecular flexibility index (Phi) is 9.30. The second kappa shape index (κ2) is 10.0. The molecule has 0 rings (SSSR count). The van der Waals surface area contributed by atoms with E-state index in [2.05, 4.69) is 0 Å². The zero-order valence-electron chi connectivity index (χ0n) is 17.8. The molecule has 0 aliphatic rings. The van der Waals surface area contributed by atoms with Crippen molar-refractivity contribution in [2.45, 2.75) is 66.9 Å². The fourth-order valence-electron chi connectivity index (χ4n) is 3.93. The van der Waals surface area contributed by atoms with Gasteiger partial charge in [-0.2, -0.15) is 0 Å². The van der Waals surface area contributed by atoms with Gasteiger partial charge in [0.25, 0.3) is 0 Å². The molecule has 0 aromatic carbocycles. The first-order valence-corrected chi connectivity index (χ1v) is 9.49. The Balaban J connectivity index is 7.25. The molecule has 2 unspecified atom stereocenters. The van der Waals surface area contributed by atoms with E-state index < -0.39 is 40.6 Å². The molecule has 0 heterocycles. The lowest BCUT2D eigenvalue weighted by Gasteiger charge is -2.48. The van der Waals surface area contributed by atoms with Gasteiger partial charge in [-0.1, -0.05) is 41.5 Å². The van der Waals surface area contributed by atoms with Gasteiger partial charge in [-0.15, -0.1) is 0 Å². The summed E-state index contributed by atoms with van der Waals surface area (Å²) in [7, 11) is 0. The maximum absolute atomic E-state index is 12.6. The molecule has 3 N–H and O–H groups in total. The average Bonchev–Trinajstić information content (AvgIpc) is 2.47. The molecule has 0 aliphatic heterocycles. The molecule has 0 aromatic heterocycles. The molecular weight excluding hydrogens is 368 g/mol. The van der Waals surface area contributed by atoms with Gasteiger partial charge < -0.3 is 20.1 Å². The monoisotopic (exact) mass is 402 g/mol. The van der Waals surface area contributed by atoms with Gasteiger partial charge in [-0.25, -0.2) is 4.79 Å². The number of carbonyl (C=O) groups excluding carboxylic acids is 1. The molecule has 0 fully saturated rings. The van der Waals surface area contributed by atoms with Crippen LogP contribution in [0.1, 0.15) is 61.3 Å². The maximum Gasteiger partial charge on any atom is 0.338 e. The van der Waals surface area contributed by atoms with E-state index in [0.29, 0.717) is 0 Å². The van der Waals surface area contributed by atoms with Gasteiger partial charge >= 0.3 is 17.9 Å². The fraction of sp³-hybridized carbons (Fsp3) is 0.800. The van der Waals surface area contributed by atoms with Gasteiger partial charge in [-0.05, 0) is 37.5 Å². The van der Waals surface area contributed by atoms with E-state index in [9.17, 15) is 34.5 Å². The third-order valence-corrected chi connectivity index (χ3v) is 4.66. The van der Waals surface area contributed by atoms with Gasteiger partial charge in [0, 0.05) is 0 Å². The standard InChI is InChI=1S/C20H34O8/c1-11(2)8-19(17(24)25,9-12(3)4)20(18(26)27,28-10-13(5)6)15(14(7)21)16(22)23/h11-13,15H,8-10H2,1-7H3,(H,22,23)(H,24,25)(H,26,27). The number of carbonyl (C=O) groups is 4. The topological polar surface area (TPSA) is 138 Å². The molecule has 0 amide bonds. The minimum Gasteiger partial charge on any atom is -0.481 e. The summed E-state index contributed by atoms with van der Waals surface area (Å²) in [5.41, 5.74) is -4.85. The van der Waals surface area contributed by atoms with Crippen LogP contribution in [0, 0.1) is 29.1 Å². The fourth-order valence-corrected chi connectivity index (χ4v) is 3.93. The van der Waals surface area contributed by atoms with E-state index in [1.165, 1.54) is 0 Å². The molecule has 28 heavy (non-hydrogen) atoms. The lowest BCUT2D eigenvalue weighted by molar-refractivity contribution is -0.223. The zero-order chi connectivity index (χ0) is 22.4. The van der Waals surface area contributed by atoms with Gasteiger partial charge in [0.15, 0.2) is 5.92 Å². The van der Waals surface area contributed by atoms with Gasteiger partial charge in [0.05, 0.1) is 6.61 Å². The smallest absolute Gasteiger partial charge is 0.338 e. The molecule has 8 heteroatoms. The SMILES string of the molecule is CC(=O)C(C(=O)O)C(OCC(C)C)(C(=O)O)C(CC(C)C)(CC(C)C)C(=O)O. The molecule has 0 aromatic rings. The third-order valence-electron chi connectivity index (χ3n) is 4.66. The van der Waals surface area contributed by atoms with Gasteiger partial charge in [0.2, 0.25) is 5.60 Å². The molecule has 8 nitrogen and oxygen atoms in total. The first-order valence-electron chi connectivity index (χ1n) is 9.49. The van der Waals surface area contributed by atoms with Gasteiger partial charge in [0.1, 0.15) is 11.2 Å². The lowest BCUT2D eigenvalue weighted by atomic mass is 9.58. The highest BCUT2D eigenvalue weighted by molar-refractivity contribution is 6.06. The highest BCUT2D eigenvalue weighted by Crippen LogP contribution is 2.50. The lowest BCUT2D eigenvalue weighted by Crippen LogP contribution is -2.68. The Morgan fingerprint density at radius 1 is 0.786 bits per heavy atom. The van der Waals surface area contributed by atoms with Crippen LogP contribution in [0.15, 0.2) is 0 Å². The number of rotatable bonds is 13. The Morgan fingerprint density at radius 3 is 1.43 bits per heavy atom. The summed E-state index contributed by atoms with van der Waals surface area (Å²) in [6.07, 6.45) is -0.302. The average molecular weight is 402 g/mol. The maximum atomic E-state index is 12.6. The molecule has 0 radical (unpaired) electrons. The molecule has 0 aliphatic carbocycles. The van der Waals surface area contributed by atoms with Crippen LogP contribution in [0.25, 0.3) is 0 Å². The minimum atomic E-state index is -2.74. The Bertz CT molecular complexity index is 569. The van der Waals surface area contributed by atoms with Crippen LogP contribution in [0.4, 0.5) is 0 Å². The molecule has 2 atom stereocenters. The molecule has 0 spiro atoms. The second-order valence-electron chi connectivity index (χ2n) is 8.71. The minimum absolute atomic E-state index is 0.151. The van der Waals surface area contributed by atoms with E-state index in [1.54, 1.807) is 41.5 Å². The number of hydrogen-bond donors (Lipinski definition) is 3. The second-order valence-corrected chi connectivity index (χ2v) is 8.71. The van der Waals surface area contributed by atoms with Crippen LogP contribution in [0.5, 0.6) is 0 Å². The largest absolute Gasteiger partial charge is 0.481 e. The van der Waals surface area contributed by atoms with Crippen LogP contribution in [-0.4, -0.2) is 51.2 Å². The molecule has 0 bridgehead atoms. The highest BCUT2D eigenvalue weighted by Gasteiger charge is 2.69. The van der Waals surface area contributed by atoms with Crippen LogP contribution >= 0.6 is 0 Å². The predicted octanol–water partition coefficient (Wildman–Crippen LogP) is 2.94. The summed E-state index contributed by atoms with van der Waals surface area (Å²) in [6, 6.07) is 0. The van der Waals surface area contributed by atoms with Crippen molar-refractivity contribution >= 4 is 23.7 Å². The van der Waals surface area contributed by atoms with Gasteiger partial charge in [-0.3, -0.25) is 14.4 Å². The van der Waals surface area contributed by atoms with Crippen molar-refractivity contribution in [2.75, 3.05) is 6.61 Å². The van der Waals surface area contributed by atoms with Crippen LogP contribution < -0.4 is 0 Å². The number of hydrogen-bond acceptors (Lipinski definition) is 5. The zero-order valence-corrected chi connectivity index (χ0v) is 17.8. The third kappa shape index (κ3) is 5.31. The molecule has 0 saturated carbocycles. The number of carboxylic acid groups (broad SMARTS) is 3. The van der Waals surface area contributed by atoms with E-state index in [0.717, 1.165) is 6.92 Å². The van der Waals surface area contributed by atoms with Crippen molar-refractivity contribution < 1.29 is 39.2 Å². The Hall–Kier alpha value is -1.96. The highest BCUT2D eigenvalue weighted by atomic mass is 16.5. The first-order chi connectivity index (χ1) is 12.7. The van der Waals surface area contributed by atoms with E-state index in [1.807, 2.05) is 0 Å². The quantitative estimate of drug-likeness (QED) is 0.400. The summed E-state index contributed by atoms with van der Waals surface area (Å²) in [6.45, 7) is 11.1. The summed E-state index contributed by atoms with van der Waals surface area (Å²) < 4.78 is 5.68. The van der Waals surface area contributed by atoms with E-state index in [-0.39, 0.29) is 37.2 Å². The Morgan fingerprint density at radius 2 is 1.21 bits per heavy atom. The summed E-state index contributed by atoms with van der Waals surface area (Å²) >= 11 is 0. The number of carboxylic acids is 3. The van der Waals surface area contributed by atoms with Crippen LogP contribution in [0.2, 0.25) is 0 Å².